The molecule has 0 spiro atoms. The van der Waals surface area contributed by atoms with Crippen LogP contribution in [-0.2, 0) is 19.6 Å². The van der Waals surface area contributed by atoms with Crippen LogP contribution in [0.4, 0.5) is 0 Å². The predicted molar refractivity (Wildman–Crippen MR) is 115 cm³/mol. The Labute approximate surface area is 183 Å². The molecule has 1 aromatic carbocycles. The third-order valence-electron chi connectivity index (χ3n) is 4.67. The van der Waals surface area contributed by atoms with Crippen molar-refractivity contribution in [1.29, 1.82) is 0 Å². The lowest BCUT2D eigenvalue weighted by Gasteiger charge is -2.32. The number of amides is 2. The third-order valence-corrected chi connectivity index (χ3v) is 7.12. The topological polar surface area (TPSA) is 135 Å². The minimum absolute atomic E-state index is 0.0598. The summed E-state index contributed by atoms with van der Waals surface area (Å²) in [5.41, 5.74) is 5.60. The summed E-state index contributed by atoms with van der Waals surface area (Å²) in [6.07, 6.45) is -0.940. The number of hydrogen-bond donors (Lipinski definition) is 3. The fourth-order valence-corrected chi connectivity index (χ4v) is 5.30. The molecule has 1 atom stereocenters. The molecule has 0 bridgehead atoms. The predicted octanol–water partition coefficient (Wildman–Crippen LogP) is 1.58. The maximum absolute atomic E-state index is 13.5. The highest BCUT2D eigenvalue weighted by Gasteiger charge is 2.38. The average Bonchev–Trinajstić information content (AvgIpc) is 3.05. The number of sulfonamides is 1. The number of H-pyrrole nitrogens is 1. The van der Waals surface area contributed by atoms with E-state index in [0.717, 1.165) is 4.31 Å². The number of hydrogen-bond acceptors (Lipinski definition) is 5. The van der Waals surface area contributed by atoms with Gasteiger partial charge in [-0.25, -0.2) is 8.42 Å². The summed E-state index contributed by atoms with van der Waals surface area (Å²) < 4.78 is 34.3. The quantitative estimate of drug-likeness (QED) is 0.572. The van der Waals surface area contributed by atoms with E-state index in [9.17, 15) is 18.0 Å². The SMILES string of the molecule is CC(C)(C)CNC(=O)C1CN(S(=O)(=O)c2c(C(N)=O)[nH]c3ccc(Br)cc23)CCO1. The summed E-state index contributed by atoms with van der Waals surface area (Å²) in [5, 5.41) is 3.14. The Kier molecular flexibility index (Phi) is 6.28. The van der Waals surface area contributed by atoms with E-state index in [-0.39, 0.29) is 41.6 Å². The van der Waals surface area contributed by atoms with E-state index < -0.39 is 22.0 Å². The van der Waals surface area contributed by atoms with Crippen LogP contribution in [0.5, 0.6) is 0 Å². The van der Waals surface area contributed by atoms with Crippen molar-refractivity contribution in [1.82, 2.24) is 14.6 Å². The first-order chi connectivity index (χ1) is 13.9. The highest BCUT2D eigenvalue weighted by Crippen LogP contribution is 2.32. The van der Waals surface area contributed by atoms with Gasteiger partial charge in [0.25, 0.3) is 11.8 Å². The van der Waals surface area contributed by atoms with Gasteiger partial charge in [0.1, 0.15) is 16.7 Å². The van der Waals surface area contributed by atoms with E-state index in [2.05, 4.69) is 26.2 Å². The number of nitrogens with zero attached hydrogens (tertiary/aromatic N) is 1. The highest BCUT2D eigenvalue weighted by molar-refractivity contribution is 9.10. The number of halogens is 1. The van der Waals surface area contributed by atoms with Gasteiger partial charge in [-0.15, -0.1) is 0 Å². The molecule has 164 valence electrons. The van der Waals surface area contributed by atoms with Crippen LogP contribution in [0.25, 0.3) is 10.9 Å². The summed E-state index contributed by atoms with van der Waals surface area (Å²) in [4.78, 5) is 27.1. The van der Waals surface area contributed by atoms with Crippen molar-refractivity contribution in [3.05, 3.63) is 28.4 Å². The Bertz CT molecular complexity index is 1090. The number of fused-ring (bicyclic) bond motifs is 1. The Morgan fingerprint density at radius 1 is 1.37 bits per heavy atom. The van der Waals surface area contributed by atoms with Crippen LogP contribution in [0, 0.1) is 5.41 Å². The zero-order valence-corrected chi connectivity index (χ0v) is 19.4. The van der Waals surface area contributed by atoms with Crippen molar-refractivity contribution in [3.8, 4) is 0 Å². The number of nitrogens with two attached hydrogens (primary N) is 1. The van der Waals surface area contributed by atoms with Gasteiger partial charge in [-0.1, -0.05) is 36.7 Å². The lowest BCUT2D eigenvalue weighted by atomic mass is 9.97. The summed E-state index contributed by atoms with van der Waals surface area (Å²) >= 11 is 3.33. The van der Waals surface area contributed by atoms with Crippen LogP contribution in [0.2, 0.25) is 0 Å². The maximum Gasteiger partial charge on any atom is 0.266 e. The lowest BCUT2D eigenvalue weighted by Crippen LogP contribution is -2.52. The molecule has 9 nitrogen and oxygen atoms in total. The Morgan fingerprint density at radius 2 is 2.07 bits per heavy atom. The smallest absolute Gasteiger partial charge is 0.266 e. The minimum Gasteiger partial charge on any atom is -0.366 e. The average molecular weight is 501 g/mol. The van der Waals surface area contributed by atoms with E-state index in [1.807, 2.05) is 20.8 Å². The summed E-state index contributed by atoms with van der Waals surface area (Å²) in [7, 11) is -4.13. The van der Waals surface area contributed by atoms with Crippen molar-refractivity contribution in [2.24, 2.45) is 11.1 Å². The maximum atomic E-state index is 13.5. The van der Waals surface area contributed by atoms with Crippen molar-refractivity contribution in [2.45, 2.75) is 31.8 Å². The number of rotatable bonds is 5. The number of aromatic nitrogens is 1. The minimum atomic E-state index is -4.13. The monoisotopic (exact) mass is 500 g/mol. The van der Waals surface area contributed by atoms with Crippen LogP contribution in [0.15, 0.2) is 27.6 Å². The second kappa shape index (κ2) is 8.29. The molecule has 2 aromatic rings. The van der Waals surface area contributed by atoms with Crippen LogP contribution < -0.4 is 11.1 Å². The summed E-state index contributed by atoms with van der Waals surface area (Å²) in [6.45, 7) is 6.33. The van der Waals surface area contributed by atoms with Gasteiger partial charge < -0.3 is 20.8 Å². The summed E-state index contributed by atoms with van der Waals surface area (Å²) in [5.74, 6) is -1.25. The van der Waals surface area contributed by atoms with Crippen molar-refractivity contribution < 1.29 is 22.7 Å². The Morgan fingerprint density at radius 3 is 2.70 bits per heavy atom. The normalized spacial score (nSPS) is 18.5. The molecule has 1 aromatic heterocycles. The largest absolute Gasteiger partial charge is 0.366 e. The zero-order chi connectivity index (χ0) is 22.3. The van der Waals surface area contributed by atoms with Gasteiger partial charge in [0.05, 0.1) is 6.61 Å². The van der Waals surface area contributed by atoms with Gasteiger partial charge in [0.15, 0.2) is 0 Å². The van der Waals surface area contributed by atoms with E-state index in [0.29, 0.717) is 21.9 Å². The fraction of sp³-hybridized carbons (Fsp3) is 0.474. The number of benzene rings is 1. The molecule has 0 aliphatic carbocycles. The molecule has 0 radical (unpaired) electrons. The molecule has 0 saturated carbocycles. The molecule has 4 N–H and O–H groups in total. The number of nitrogens with one attached hydrogen (secondary N) is 2. The van der Waals surface area contributed by atoms with Crippen molar-refractivity contribution in [2.75, 3.05) is 26.2 Å². The second-order valence-corrected chi connectivity index (χ2v) is 11.2. The third kappa shape index (κ3) is 4.69. The van der Waals surface area contributed by atoms with Gasteiger partial charge >= 0.3 is 0 Å². The lowest BCUT2D eigenvalue weighted by molar-refractivity contribution is -0.136. The standard InChI is InChI=1S/C19H25BrN4O5S/c1-19(2,3)10-22-18(26)14-9-24(6-7-29-14)30(27,28)16-12-8-11(20)4-5-13(12)23-15(16)17(21)25/h4-5,8,14,23H,6-7,9-10H2,1-3H3,(H2,21,25)(H,22,26). The van der Waals surface area contributed by atoms with E-state index in [1.165, 1.54) is 0 Å². The van der Waals surface area contributed by atoms with E-state index in [1.54, 1.807) is 18.2 Å². The van der Waals surface area contributed by atoms with Gasteiger partial charge in [-0.05, 0) is 23.6 Å². The molecular formula is C19H25BrN4O5S. The van der Waals surface area contributed by atoms with E-state index >= 15 is 0 Å². The molecule has 3 rings (SSSR count). The number of carbonyl (C=O) groups is 2. The van der Waals surface area contributed by atoms with Gasteiger partial charge in [-0.3, -0.25) is 9.59 Å². The van der Waals surface area contributed by atoms with Gasteiger partial charge in [0.2, 0.25) is 10.0 Å². The molecule has 11 heteroatoms. The summed E-state index contributed by atoms with van der Waals surface area (Å²) in [6, 6.07) is 5.00. The molecule has 30 heavy (non-hydrogen) atoms. The first kappa shape index (κ1) is 22.7. The molecule has 2 amide bonds. The Balaban J connectivity index is 1.94. The van der Waals surface area contributed by atoms with Crippen LogP contribution in [-0.4, -0.2) is 61.9 Å². The molecule has 1 saturated heterocycles. The molecular weight excluding hydrogens is 476 g/mol. The molecule has 1 fully saturated rings. The number of aromatic amines is 1. The van der Waals surface area contributed by atoms with Crippen LogP contribution in [0.1, 0.15) is 31.3 Å². The number of morpholine rings is 1. The number of primary amides is 1. The highest BCUT2D eigenvalue weighted by atomic mass is 79.9. The molecule has 1 aliphatic rings. The fourth-order valence-electron chi connectivity index (χ4n) is 3.18. The van der Waals surface area contributed by atoms with Gasteiger partial charge in [0, 0.05) is 35.0 Å². The second-order valence-electron chi connectivity index (χ2n) is 8.38. The first-order valence-electron chi connectivity index (χ1n) is 9.40. The first-order valence-corrected chi connectivity index (χ1v) is 11.6. The van der Waals surface area contributed by atoms with Crippen molar-refractivity contribution >= 4 is 48.7 Å². The van der Waals surface area contributed by atoms with E-state index in [4.69, 9.17) is 10.5 Å². The molecule has 1 aliphatic heterocycles. The van der Waals surface area contributed by atoms with Crippen LogP contribution >= 0.6 is 15.9 Å². The number of carbonyl (C=O) groups excluding carboxylic acids is 2. The van der Waals surface area contributed by atoms with Crippen molar-refractivity contribution in [3.63, 3.8) is 0 Å². The van der Waals surface area contributed by atoms with Gasteiger partial charge in [-0.2, -0.15) is 4.31 Å². The molecule has 1 unspecified atom stereocenters. The zero-order valence-electron chi connectivity index (χ0n) is 17.0. The Hall–Kier alpha value is -1.95. The molecule has 2 heterocycles. The number of ether oxygens (including phenoxy) is 1. The van der Waals surface area contributed by atoms with Crippen LogP contribution in [0.3, 0.4) is 0 Å².